The van der Waals surface area contributed by atoms with Gasteiger partial charge in [-0.05, 0) is 12.7 Å². The van der Waals surface area contributed by atoms with Crippen LogP contribution in [-0.2, 0) is 25.8 Å². The van der Waals surface area contributed by atoms with Gasteiger partial charge in [0.05, 0.1) is 6.61 Å². The molecule has 5 atom stereocenters. The highest BCUT2D eigenvalue weighted by molar-refractivity contribution is 8.08. The van der Waals surface area contributed by atoms with E-state index in [1.165, 1.54) is 7.11 Å². The Kier molecular flexibility index (Phi) is 5.39. The molecule has 16 heavy (non-hydrogen) atoms. The zero-order chi connectivity index (χ0) is 12.3. The van der Waals surface area contributed by atoms with Crippen LogP contribution in [0.3, 0.4) is 0 Å². The number of aliphatic hydroxyl groups is 1. The van der Waals surface area contributed by atoms with Gasteiger partial charge in [-0.15, -0.1) is 0 Å². The first-order valence-corrected chi connectivity index (χ1v) is 7.80. The largest absolute Gasteiger partial charge is 0.801 e. The van der Waals surface area contributed by atoms with E-state index < -0.39 is 30.8 Å². The molecule has 1 rings (SSSR count). The zero-order valence-electron chi connectivity index (χ0n) is 9.24. The standard InChI is InChI=1S/C8H16BO5PS/c1-3-15(11,16)14-7-5(4-12-2)13-8(9)6(7)10/h5-8,10H,3-4H2,1-2H3,(H,11,16)/p-1/t5-,6?,7+,8-,15?/m1/s1. The van der Waals surface area contributed by atoms with Gasteiger partial charge in [-0.3, -0.25) is 0 Å². The minimum Gasteiger partial charge on any atom is -0.801 e. The van der Waals surface area contributed by atoms with Crippen molar-refractivity contribution in [1.29, 1.82) is 0 Å². The zero-order valence-corrected chi connectivity index (χ0v) is 10.9. The monoisotopic (exact) mass is 265 g/mol. The van der Waals surface area contributed by atoms with Crippen LogP contribution < -0.4 is 4.89 Å². The molecule has 8 heteroatoms. The Labute approximate surface area is 102 Å². The highest BCUT2D eigenvalue weighted by atomic mass is 32.5. The molecular weight excluding hydrogens is 250 g/mol. The summed E-state index contributed by atoms with van der Waals surface area (Å²) in [6.07, 6.45) is -2.15. The van der Waals surface area contributed by atoms with E-state index in [-0.39, 0.29) is 12.8 Å². The van der Waals surface area contributed by atoms with Gasteiger partial charge in [-0.25, -0.2) is 0 Å². The van der Waals surface area contributed by atoms with Crippen LogP contribution in [0.2, 0.25) is 0 Å². The minimum atomic E-state index is -3.12. The van der Waals surface area contributed by atoms with Crippen LogP contribution in [0.25, 0.3) is 0 Å². The Morgan fingerprint density at radius 3 is 2.75 bits per heavy atom. The first-order chi connectivity index (χ1) is 7.41. The third-order valence-corrected chi connectivity index (χ3v) is 4.74. The molecule has 0 aromatic heterocycles. The van der Waals surface area contributed by atoms with Crippen LogP contribution >= 0.6 is 6.49 Å². The molecule has 0 aromatic rings. The third-order valence-electron chi connectivity index (χ3n) is 2.37. The van der Waals surface area contributed by atoms with Crippen molar-refractivity contribution >= 4 is 26.1 Å². The summed E-state index contributed by atoms with van der Waals surface area (Å²) >= 11 is 4.79. The van der Waals surface area contributed by atoms with Gasteiger partial charge >= 0.3 is 0 Å². The predicted octanol–water partition coefficient (Wildman–Crippen LogP) is -1.04. The molecule has 1 aliphatic heterocycles. The number of methoxy groups -OCH3 is 1. The molecule has 0 saturated carbocycles. The molecular formula is C8H15BO5PS-. The summed E-state index contributed by atoms with van der Waals surface area (Å²) in [5, 5.41) is 9.72. The molecule has 0 aliphatic carbocycles. The van der Waals surface area contributed by atoms with E-state index in [4.69, 9.17) is 33.7 Å². The lowest BCUT2D eigenvalue weighted by molar-refractivity contribution is -0.190. The fraction of sp³-hybridized carbons (Fsp3) is 1.00. The number of rotatable bonds is 5. The summed E-state index contributed by atoms with van der Waals surface area (Å²) in [7, 11) is 7.01. The molecule has 2 radical (unpaired) electrons. The molecule has 2 unspecified atom stereocenters. The van der Waals surface area contributed by atoms with E-state index in [0.29, 0.717) is 0 Å². The second-order valence-electron chi connectivity index (χ2n) is 3.58. The van der Waals surface area contributed by atoms with Crippen molar-refractivity contribution in [2.24, 2.45) is 0 Å². The third kappa shape index (κ3) is 3.50. The minimum absolute atomic E-state index is 0.203. The maximum Gasteiger partial charge on any atom is 0.117 e. The molecule has 0 amide bonds. The molecule has 0 aromatic carbocycles. The quantitative estimate of drug-likeness (QED) is 0.506. The summed E-state index contributed by atoms with van der Waals surface area (Å²) in [6, 6.07) is -0.864. The molecule has 1 N–H and O–H groups in total. The van der Waals surface area contributed by atoms with E-state index in [9.17, 15) is 10.00 Å². The molecule has 0 spiro atoms. The highest BCUT2D eigenvalue weighted by Gasteiger charge is 2.42. The van der Waals surface area contributed by atoms with Crippen LogP contribution in [0.1, 0.15) is 6.92 Å². The van der Waals surface area contributed by atoms with Crippen LogP contribution in [0.15, 0.2) is 0 Å². The van der Waals surface area contributed by atoms with Crippen molar-refractivity contribution in [1.82, 2.24) is 0 Å². The van der Waals surface area contributed by atoms with E-state index in [1.54, 1.807) is 6.92 Å². The van der Waals surface area contributed by atoms with Gasteiger partial charge in [0, 0.05) is 13.1 Å². The number of ether oxygens (including phenoxy) is 2. The first kappa shape index (κ1) is 14.6. The average Bonchev–Trinajstić information content (AvgIpc) is 2.47. The fourth-order valence-electron chi connectivity index (χ4n) is 1.46. The van der Waals surface area contributed by atoms with Crippen molar-refractivity contribution in [2.45, 2.75) is 31.2 Å². The maximum atomic E-state index is 11.7. The Bertz CT molecular complexity index is 279. The maximum absolute atomic E-state index is 11.7. The molecule has 5 nitrogen and oxygen atoms in total. The Morgan fingerprint density at radius 1 is 1.62 bits per heavy atom. The summed E-state index contributed by atoms with van der Waals surface area (Å²) < 4.78 is 15.4. The van der Waals surface area contributed by atoms with Gasteiger partial charge in [0.15, 0.2) is 0 Å². The summed E-state index contributed by atoms with van der Waals surface area (Å²) in [6.45, 7) is -1.24. The lowest BCUT2D eigenvalue weighted by Crippen LogP contribution is -2.37. The Balaban J connectivity index is 2.70. The Hall–Kier alpha value is 0.515. The Morgan fingerprint density at radius 2 is 2.25 bits per heavy atom. The molecule has 0 bridgehead atoms. The van der Waals surface area contributed by atoms with Gasteiger partial charge in [-0.2, -0.15) is 0 Å². The molecule has 1 heterocycles. The van der Waals surface area contributed by atoms with Crippen molar-refractivity contribution < 1.29 is 24.0 Å². The second kappa shape index (κ2) is 5.91. The smallest absolute Gasteiger partial charge is 0.117 e. The SMILES string of the molecule is [B][C@@H]1O[C@H](COC)[C@H](OP([O-])(=S)CC)C1O. The van der Waals surface area contributed by atoms with Crippen LogP contribution in [0.4, 0.5) is 0 Å². The van der Waals surface area contributed by atoms with E-state index in [2.05, 4.69) is 0 Å². The van der Waals surface area contributed by atoms with Crippen molar-refractivity contribution in [2.75, 3.05) is 19.9 Å². The summed E-state index contributed by atoms with van der Waals surface area (Å²) in [5.41, 5.74) is 0. The van der Waals surface area contributed by atoms with E-state index in [0.717, 1.165) is 0 Å². The number of hydrogen-bond acceptors (Lipinski definition) is 6. The van der Waals surface area contributed by atoms with Crippen molar-refractivity contribution in [3.8, 4) is 0 Å². The second-order valence-corrected chi connectivity index (χ2v) is 7.32. The fourth-order valence-corrected chi connectivity index (χ4v) is 2.53. The summed E-state index contributed by atoms with van der Waals surface area (Å²) in [4.78, 5) is 11.7. The van der Waals surface area contributed by atoms with Crippen LogP contribution in [0, 0.1) is 0 Å². The van der Waals surface area contributed by atoms with Crippen LogP contribution in [0.5, 0.6) is 0 Å². The van der Waals surface area contributed by atoms with Gasteiger partial charge < -0.3 is 24.0 Å². The summed E-state index contributed by atoms with van der Waals surface area (Å²) in [5.74, 6) is 0. The normalized spacial score (nSPS) is 38.5. The lowest BCUT2D eigenvalue weighted by Gasteiger charge is -2.33. The predicted molar refractivity (Wildman–Crippen MR) is 62.0 cm³/mol. The average molecular weight is 265 g/mol. The van der Waals surface area contributed by atoms with E-state index >= 15 is 0 Å². The molecule has 1 saturated heterocycles. The topological polar surface area (TPSA) is 71.0 Å². The van der Waals surface area contributed by atoms with Gasteiger partial charge in [0.25, 0.3) is 0 Å². The van der Waals surface area contributed by atoms with E-state index in [1.807, 2.05) is 0 Å². The van der Waals surface area contributed by atoms with Gasteiger partial charge in [-0.1, -0.05) is 18.7 Å². The van der Waals surface area contributed by atoms with Crippen LogP contribution in [-0.4, -0.2) is 57.1 Å². The van der Waals surface area contributed by atoms with Crippen molar-refractivity contribution in [3.05, 3.63) is 0 Å². The first-order valence-electron chi connectivity index (χ1n) is 4.97. The lowest BCUT2D eigenvalue weighted by atomic mass is 9.93. The molecule has 1 fully saturated rings. The van der Waals surface area contributed by atoms with Gasteiger partial charge in [0.2, 0.25) is 0 Å². The highest BCUT2D eigenvalue weighted by Crippen LogP contribution is 2.41. The van der Waals surface area contributed by atoms with Gasteiger partial charge in [0.1, 0.15) is 26.2 Å². The number of aliphatic hydroxyl groups excluding tert-OH is 1. The number of hydrogen-bond donors (Lipinski definition) is 1. The van der Waals surface area contributed by atoms with Crippen molar-refractivity contribution in [3.63, 3.8) is 0 Å². The molecule has 92 valence electrons. The molecule has 1 aliphatic rings.